The van der Waals surface area contributed by atoms with Gasteiger partial charge in [-0.25, -0.2) is 4.98 Å². The number of hydrogen-bond donors (Lipinski definition) is 2. The maximum atomic E-state index is 12.6. The van der Waals surface area contributed by atoms with Crippen molar-refractivity contribution in [3.63, 3.8) is 0 Å². The zero-order chi connectivity index (χ0) is 22.7. The minimum atomic E-state index is -0.902. The second-order valence-electron chi connectivity index (χ2n) is 9.16. The quantitative estimate of drug-likeness (QED) is 0.639. The number of aliphatic hydroxyl groups is 1. The van der Waals surface area contributed by atoms with Gasteiger partial charge in [-0.2, -0.15) is 0 Å². The van der Waals surface area contributed by atoms with Gasteiger partial charge in [-0.15, -0.1) is 11.3 Å². The van der Waals surface area contributed by atoms with Crippen LogP contribution in [-0.4, -0.2) is 52.7 Å². The molecule has 1 fully saturated rings. The van der Waals surface area contributed by atoms with Crippen molar-refractivity contribution in [2.24, 2.45) is 0 Å². The minimum absolute atomic E-state index is 0.0371. The number of carbonyl (C=O) groups is 1. The molecule has 0 saturated carbocycles. The molecule has 2 heterocycles. The molecule has 1 saturated heterocycles. The summed E-state index contributed by atoms with van der Waals surface area (Å²) < 4.78 is 5.94. The summed E-state index contributed by atoms with van der Waals surface area (Å²) >= 11 is 7.85. The molecule has 0 radical (unpaired) electrons. The molecule has 8 heteroatoms. The number of aromatic nitrogens is 1. The van der Waals surface area contributed by atoms with Gasteiger partial charge in [0.05, 0.1) is 17.8 Å². The summed E-state index contributed by atoms with van der Waals surface area (Å²) in [7, 11) is 0. The van der Waals surface area contributed by atoms with E-state index in [1.54, 1.807) is 11.3 Å². The Kier molecular flexibility index (Phi) is 7.40. The standard InChI is InChI=1S/C24H32ClN3O3S/c1-16-12-18(13-17(2)22(16)25)31-15-24(30)8-5-10-28(11-9-24)14-21(29)27-23-26-19-6-3-4-7-20(19)32-23/h12-13,30H,3-11,14-15H2,1-2H3,(H,26,27,29). The lowest BCUT2D eigenvalue weighted by atomic mass is 9.96. The fourth-order valence-corrected chi connectivity index (χ4v) is 5.69. The van der Waals surface area contributed by atoms with Crippen molar-refractivity contribution in [2.45, 2.75) is 64.4 Å². The molecule has 0 spiro atoms. The second kappa shape index (κ2) is 10.1. The lowest BCUT2D eigenvalue weighted by Gasteiger charge is -2.27. The van der Waals surface area contributed by atoms with Crippen molar-refractivity contribution in [3.8, 4) is 5.75 Å². The molecule has 2 aromatic rings. The molecule has 174 valence electrons. The van der Waals surface area contributed by atoms with Crippen molar-refractivity contribution < 1.29 is 14.6 Å². The summed E-state index contributed by atoms with van der Waals surface area (Å²) in [5.74, 6) is 0.689. The summed E-state index contributed by atoms with van der Waals surface area (Å²) in [4.78, 5) is 20.6. The van der Waals surface area contributed by atoms with Gasteiger partial charge in [0, 0.05) is 16.4 Å². The highest BCUT2D eigenvalue weighted by Crippen LogP contribution is 2.30. The van der Waals surface area contributed by atoms with Crippen LogP contribution in [0, 0.1) is 13.8 Å². The Bertz CT molecular complexity index is 933. The molecule has 1 aromatic heterocycles. The van der Waals surface area contributed by atoms with E-state index in [1.165, 1.54) is 17.7 Å². The van der Waals surface area contributed by atoms with E-state index in [1.807, 2.05) is 26.0 Å². The van der Waals surface area contributed by atoms with Gasteiger partial charge in [-0.05, 0) is 88.6 Å². The number of nitrogens with zero attached hydrogens (tertiary/aromatic N) is 2. The van der Waals surface area contributed by atoms with E-state index in [0.717, 1.165) is 58.5 Å². The number of hydrogen-bond acceptors (Lipinski definition) is 6. The van der Waals surface area contributed by atoms with E-state index in [0.29, 0.717) is 25.9 Å². The number of fused-ring (bicyclic) bond motifs is 1. The summed E-state index contributed by atoms with van der Waals surface area (Å²) in [5.41, 5.74) is 2.18. The Morgan fingerprint density at radius 3 is 2.72 bits per heavy atom. The van der Waals surface area contributed by atoms with E-state index in [2.05, 4.69) is 15.2 Å². The topological polar surface area (TPSA) is 74.7 Å². The van der Waals surface area contributed by atoms with E-state index in [4.69, 9.17) is 16.3 Å². The maximum Gasteiger partial charge on any atom is 0.240 e. The van der Waals surface area contributed by atoms with Crippen molar-refractivity contribution in [1.29, 1.82) is 0 Å². The van der Waals surface area contributed by atoms with Crippen LogP contribution in [0.4, 0.5) is 5.13 Å². The average molecular weight is 478 g/mol. The summed E-state index contributed by atoms with van der Waals surface area (Å²) in [6.45, 7) is 5.89. The van der Waals surface area contributed by atoms with Gasteiger partial charge in [-0.1, -0.05) is 11.6 Å². The number of anilines is 1. The number of carbonyl (C=O) groups excluding carboxylic acids is 1. The number of likely N-dealkylation sites (tertiary alicyclic amines) is 1. The number of thiazole rings is 1. The third-order valence-electron chi connectivity index (χ3n) is 6.39. The van der Waals surface area contributed by atoms with Crippen molar-refractivity contribution in [3.05, 3.63) is 38.9 Å². The molecule has 32 heavy (non-hydrogen) atoms. The number of benzene rings is 1. The Morgan fingerprint density at radius 2 is 1.97 bits per heavy atom. The highest BCUT2D eigenvalue weighted by atomic mass is 35.5. The number of rotatable bonds is 6. The van der Waals surface area contributed by atoms with Crippen LogP contribution in [-0.2, 0) is 17.6 Å². The smallest absolute Gasteiger partial charge is 0.240 e. The van der Waals surface area contributed by atoms with Gasteiger partial charge in [0.15, 0.2) is 5.13 Å². The van der Waals surface area contributed by atoms with Gasteiger partial charge in [0.25, 0.3) is 0 Å². The maximum absolute atomic E-state index is 12.6. The highest BCUT2D eigenvalue weighted by Gasteiger charge is 2.32. The van der Waals surface area contributed by atoms with Crippen molar-refractivity contribution in [1.82, 2.24) is 9.88 Å². The minimum Gasteiger partial charge on any atom is -0.491 e. The molecule has 6 nitrogen and oxygen atoms in total. The van der Waals surface area contributed by atoms with Crippen LogP contribution in [0.25, 0.3) is 0 Å². The molecule has 1 aliphatic heterocycles. The van der Waals surface area contributed by atoms with Gasteiger partial charge in [-0.3, -0.25) is 9.69 Å². The van der Waals surface area contributed by atoms with Crippen LogP contribution in [0.15, 0.2) is 12.1 Å². The third kappa shape index (κ3) is 5.81. The summed E-state index contributed by atoms with van der Waals surface area (Å²) in [6, 6.07) is 3.81. The molecule has 2 aliphatic rings. The largest absolute Gasteiger partial charge is 0.491 e. The molecular formula is C24H32ClN3O3S. The first-order chi connectivity index (χ1) is 15.3. The molecule has 1 unspecified atom stereocenters. The van der Waals surface area contributed by atoms with Crippen LogP contribution in [0.5, 0.6) is 5.75 Å². The van der Waals surface area contributed by atoms with E-state index >= 15 is 0 Å². The second-order valence-corrected chi connectivity index (χ2v) is 10.6. The number of nitrogens with one attached hydrogen (secondary N) is 1. The number of halogens is 1. The zero-order valence-corrected chi connectivity index (χ0v) is 20.4. The molecule has 1 aliphatic carbocycles. The Morgan fingerprint density at radius 1 is 1.22 bits per heavy atom. The molecule has 2 N–H and O–H groups in total. The molecule has 1 atom stereocenters. The fraction of sp³-hybridized carbons (Fsp3) is 0.583. The number of aryl methyl sites for hydroxylation is 4. The van der Waals surface area contributed by atoms with Gasteiger partial charge >= 0.3 is 0 Å². The van der Waals surface area contributed by atoms with Crippen LogP contribution >= 0.6 is 22.9 Å². The van der Waals surface area contributed by atoms with Crippen LogP contribution in [0.3, 0.4) is 0 Å². The van der Waals surface area contributed by atoms with E-state index in [-0.39, 0.29) is 12.5 Å². The molecule has 1 aromatic carbocycles. The van der Waals surface area contributed by atoms with Gasteiger partial charge in [0.2, 0.25) is 5.91 Å². The van der Waals surface area contributed by atoms with Gasteiger partial charge < -0.3 is 15.2 Å². The normalized spacial score (nSPS) is 21.6. The molecular weight excluding hydrogens is 446 g/mol. The molecule has 1 amide bonds. The summed E-state index contributed by atoms with van der Waals surface area (Å²) in [5, 5.41) is 15.5. The first kappa shape index (κ1) is 23.5. The monoisotopic (exact) mass is 477 g/mol. The van der Waals surface area contributed by atoms with Crippen LogP contribution in [0.2, 0.25) is 5.02 Å². The first-order valence-electron chi connectivity index (χ1n) is 11.4. The zero-order valence-electron chi connectivity index (χ0n) is 18.9. The number of ether oxygens (including phenoxy) is 1. The SMILES string of the molecule is Cc1cc(OCC2(O)CCCN(CC(=O)Nc3nc4c(s3)CCCC4)CC2)cc(C)c1Cl. The van der Waals surface area contributed by atoms with E-state index < -0.39 is 5.60 Å². The van der Waals surface area contributed by atoms with Gasteiger partial charge in [0.1, 0.15) is 12.4 Å². The first-order valence-corrected chi connectivity index (χ1v) is 12.6. The van der Waals surface area contributed by atoms with Crippen molar-refractivity contribution >= 4 is 34.0 Å². The fourth-order valence-electron chi connectivity index (χ4n) is 4.51. The molecule has 0 bridgehead atoms. The lowest BCUT2D eigenvalue weighted by Crippen LogP contribution is -2.38. The average Bonchev–Trinajstić information content (AvgIpc) is 3.07. The predicted molar refractivity (Wildman–Crippen MR) is 129 cm³/mol. The molecule has 4 rings (SSSR count). The third-order valence-corrected chi connectivity index (χ3v) is 8.06. The van der Waals surface area contributed by atoms with Crippen LogP contribution in [0.1, 0.15) is 53.8 Å². The predicted octanol–water partition coefficient (Wildman–Crippen LogP) is 4.53. The van der Waals surface area contributed by atoms with E-state index in [9.17, 15) is 9.90 Å². The summed E-state index contributed by atoms with van der Waals surface area (Å²) in [6.07, 6.45) is 6.51. The Hall–Kier alpha value is -1.67. The van der Waals surface area contributed by atoms with Crippen molar-refractivity contribution in [2.75, 3.05) is 31.6 Å². The van der Waals surface area contributed by atoms with Crippen LogP contribution < -0.4 is 10.1 Å². The lowest BCUT2D eigenvalue weighted by molar-refractivity contribution is -0.117. The number of amides is 1. The Balaban J connectivity index is 1.27. The Labute approximate surface area is 198 Å². The highest BCUT2D eigenvalue weighted by molar-refractivity contribution is 7.15.